The first-order valence-electron chi connectivity index (χ1n) is 8.74. The van der Waals surface area contributed by atoms with Crippen LogP contribution in [0.5, 0.6) is 0 Å². The van der Waals surface area contributed by atoms with E-state index in [1.165, 1.54) is 0 Å². The number of hydrogen-bond acceptors (Lipinski definition) is 5. The maximum atomic E-state index is 12.6. The summed E-state index contributed by atoms with van der Waals surface area (Å²) in [6.07, 6.45) is 0.810. The van der Waals surface area contributed by atoms with Gasteiger partial charge in [0.1, 0.15) is 5.69 Å². The summed E-state index contributed by atoms with van der Waals surface area (Å²) >= 11 is 1.54. The van der Waals surface area contributed by atoms with Crippen LogP contribution in [-0.4, -0.2) is 34.3 Å². The molecule has 0 radical (unpaired) electrons. The molecule has 2 aromatic heterocycles. The van der Waals surface area contributed by atoms with E-state index in [1.807, 2.05) is 61.7 Å². The number of rotatable bonds is 7. The Morgan fingerprint density at radius 1 is 1.22 bits per heavy atom. The molecule has 0 unspecified atom stereocenters. The molecule has 1 atom stereocenters. The summed E-state index contributed by atoms with van der Waals surface area (Å²) in [5.41, 5.74) is 1.71. The number of nitrogens with zero attached hydrogens (tertiary/aromatic N) is 2. The predicted molar refractivity (Wildman–Crippen MR) is 105 cm³/mol. The zero-order valence-electron chi connectivity index (χ0n) is 15.2. The van der Waals surface area contributed by atoms with Gasteiger partial charge in [-0.2, -0.15) is 5.10 Å². The highest BCUT2D eigenvalue weighted by Gasteiger charge is 2.20. The lowest BCUT2D eigenvalue weighted by atomic mass is 10.2. The summed E-state index contributed by atoms with van der Waals surface area (Å²) in [5.74, 6) is -0.907. The maximum absolute atomic E-state index is 12.6. The molecular weight excluding hydrogens is 362 g/mol. The SMILES string of the molecule is CC[C@@H](C)NC(=O)COC(=O)c1cc(-c2cccs2)nn1-c1ccccc1. The van der Waals surface area contributed by atoms with Crippen LogP contribution in [-0.2, 0) is 9.53 Å². The van der Waals surface area contributed by atoms with Crippen LogP contribution in [0.25, 0.3) is 16.3 Å². The Kier molecular flexibility index (Phi) is 6.03. The third-order valence-electron chi connectivity index (χ3n) is 4.05. The number of para-hydroxylation sites is 1. The average Bonchev–Trinajstić information content (AvgIpc) is 3.36. The second-order valence-electron chi connectivity index (χ2n) is 6.09. The van der Waals surface area contributed by atoms with E-state index in [0.717, 1.165) is 17.0 Å². The van der Waals surface area contributed by atoms with E-state index in [1.54, 1.807) is 22.1 Å². The molecule has 2 heterocycles. The minimum Gasteiger partial charge on any atom is -0.451 e. The molecule has 0 saturated carbocycles. The minimum atomic E-state index is -0.589. The number of ether oxygens (including phenoxy) is 1. The first-order valence-corrected chi connectivity index (χ1v) is 9.62. The number of aromatic nitrogens is 2. The van der Waals surface area contributed by atoms with Crippen LogP contribution in [0.1, 0.15) is 30.8 Å². The third-order valence-corrected chi connectivity index (χ3v) is 4.94. The highest BCUT2D eigenvalue weighted by Crippen LogP contribution is 2.26. The molecule has 0 bridgehead atoms. The molecule has 0 fully saturated rings. The van der Waals surface area contributed by atoms with Crippen molar-refractivity contribution < 1.29 is 14.3 Å². The summed E-state index contributed by atoms with van der Waals surface area (Å²) in [6.45, 7) is 3.55. The zero-order valence-corrected chi connectivity index (χ0v) is 16.0. The van der Waals surface area contributed by atoms with Crippen molar-refractivity contribution in [1.29, 1.82) is 0 Å². The molecule has 27 heavy (non-hydrogen) atoms. The van der Waals surface area contributed by atoms with Gasteiger partial charge in [-0.05, 0) is 36.9 Å². The van der Waals surface area contributed by atoms with Crippen LogP contribution in [0.3, 0.4) is 0 Å². The molecule has 0 saturated heterocycles. The molecule has 0 spiro atoms. The van der Waals surface area contributed by atoms with Gasteiger partial charge in [0.2, 0.25) is 0 Å². The van der Waals surface area contributed by atoms with Gasteiger partial charge < -0.3 is 10.1 Å². The van der Waals surface area contributed by atoms with Gasteiger partial charge in [0, 0.05) is 12.1 Å². The van der Waals surface area contributed by atoms with E-state index < -0.39 is 5.97 Å². The van der Waals surface area contributed by atoms with Crippen molar-refractivity contribution in [3.63, 3.8) is 0 Å². The highest BCUT2D eigenvalue weighted by atomic mass is 32.1. The Labute approximate surface area is 161 Å². The fourth-order valence-electron chi connectivity index (χ4n) is 2.46. The van der Waals surface area contributed by atoms with Gasteiger partial charge in [-0.25, -0.2) is 9.48 Å². The van der Waals surface area contributed by atoms with Gasteiger partial charge in [-0.3, -0.25) is 4.79 Å². The highest BCUT2D eigenvalue weighted by molar-refractivity contribution is 7.13. The monoisotopic (exact) mass is 383 g/mol. The number of carbonyl (C=O) groups excluding carboxylic acids is 2. The van der Waals surface area contributed by atoms with E-state index in [4.69, 9.17) is 4.74 Å². The molecule has 7 heteroatoms. The standard InChI is InChI=1S/C20H21N3O3S/c1-3-14(2)21-19(24)13-26-20(25)17-12-16(18-10-7-11-27-18)22-23(17)15-8-5-4-6-9-15/h4-12,14H,3,13H2,1-2H3,(H,21,24)/t14-/m1/s1. The Morgan fingerprint density at radius 3 is 2.67 bits per heavy atom. The third kappa shape index (κ3) is 4.62. The predicted octanol–water partition coefficient (Wildman–Crippen LogP) is 3.67. The number of amides is 1. The van der Waals surface area contributed by atoms with Crippen molar-refractivity contribution in [2.75, 3.05) is 6.61 Å². The quantitative estimate of drug-likeness (QED) is 0.632. The topological polar surface area (TPSA) is 73.2 Å². The van der Waals surface area contributed by atoms with Gasteiger partial charge in [0.25, 0.3) is 5.91 Å². The lowest BCUT2D eigenvalue weighted by Gasteiger charge is -2.11. The average molecular weight is 383 g/mol. The number of nitrogens with one attached hydrogen (secondary N) is 1. The van der Waals surface area contributed by atoms with Crippen LogP contribution in [0, 0.1) is 0 Å². The van der Waals surface area contributed by atoms with E-state index in [0.29, 0.717) is 5.69 Å². The van der Waals surface area contributed by atoms with Crippen molar-refractivity contribution in [2.45, 2.75) is 26.3 Å². The Bertz CT molecular complexity index is 904. The van der Waals surface area contributed by atoms with Crippen molar-refractivity contribution in [2.24, 2.45) is 0 Å². The van der Waals surface area contributed by atoms with Gasteiger partial charge in [-0.1, -0.05) is 31.2 Å². The van der Waals surface area contributed by atoms with Crippen LogP contribution < -0.4 is 5.32 Å². The Balaban J connectivity index is 1.83. The van der Waals surface area contributed by atoms with Crippen LogP contribution in [0.15, 0.2) is 53.9 Å². The first kappa shape index (κ1) is 18.8. The minimum absolute atomic E-state index is 0.0384. The van der Waals surface area contributed by atoms with E-state index in [9.17, 15) is 9.59 Å². The molecule has 0 aliphatic carbocycles. The second kappa shape index (κ2) is 8.64. The van der Waals surface area contributed by atoms with Crippen molar-refractivity contribution in [3.8, 4) is 16.3 Å². The maximum Gasteiger partial charge on any atom is 0.357 e. The molecule has 0 aliphatic rings. The number of thiophene rings is 1. The summed E-state index contributed by atoms with van der Waals surface area (Å²) in [7, 11) is 0. The molecule has 1 aromatic carbocycles. The van der Waals surface area contributed by atoms with E-state index in [2.05, 4.69) is 10.4 Å². The molecule has 1 amide bonds. The van der Waals surface area contributed by atoms with Crippen LogP contribution in [0.4, 0.5) is 0 Å². The van der Waals surface area contributed by atoms with Crippen LogP contribution >= 0.6 is 11.3 Å². The lowest BCUT2D eigenvalue weighted by Crippen LogP contribution is -2.35. The molecular formula is C20H21N3O3S. The van der Waals surface area contributed by atoms with E-state index in [-0.39, 0.29) is 24.2 Å². The summed E-state index contributed by atoms with van der Waals surface area (Å²) in [5, 5.41) is 9.28. The molecule has 3 rings (SSSR count). The second-order valence-corrected chi connectivity index (χ2v) is 7.04. The molecule has 3 aromatic rings. The summed E-state index contributed by atoms with van der Waals surface area (Å²) in [6, 6.07) is 15.0. The fourth-order valence-corrected chi connectivity index (χ4v) is 3.14. The first-order chi connectivity index (χ1) is 13.1. The molecule has 0 aliphatic heterocycles. The van der Waals surface area contributed by atoms with Gasteiger partial charge in [0.05, 0.1) is 10.6 Å². The van der Waals surface area contributed by atoms with Crippen LogP contribution in [0.2, 0.25) is 0 Å². The van der Waals surface area contributed by atoms with E-state index >= 15 is 0 Å². The number of carbonyl (C=O) groups is 2. The summed E-state index contributed by atoms with van der Waals surface area (Å²) < 4.78 is 6.77. The van der Waals surface area contributed by atoms with Crippen molar-refractivity contribution >= 4 is 23.2 Å². The summed E-state index contributed by atoms with van der Waals surface area (Å²) in [4.78, 5) is 25.5. The number of hydrogen-bond donors (Lipinski definition) is 1. The molecule has 140 valence electrons. The van der Waals surface area contributed by atoms with Crippen molar-refractivity contribution in [3.05, 3.63) is 59.6 Å². The molecule has 1 N–H and O–H groups in total. The number of esters is 1. The van der Waals surface area contributed by atoms with Crippen molar-refractivity contribution in [1.82, 2.24) is 15.1 Å². The van der Waals surface area contributed by atoms with Gasteiger partial charge in [-0.15, -0.1) is 11.3 Å². The lowest BCUT2D eigenvalue weighted by molar-refractivity contribution is -0.124. The Morgan fingerprint density at radius 2 is 2.00 bits per heavy atom. The van der Waals surface area contributed by atoms with Gasteiger partial charge >= 0.3 is 5.97 Å². The zero-order chi connectivity index (χ0) is 19.2. The smallest absolute Gasteiger partial charge is 0.357 e. The Hall–Kier alpha value is -2.93. The fraction of sp³-hybridized carbons (Fsp3) is 0.250. The van der Waals surface area contributed by atoms with Gasteiger partial charge in [0.15, 0.2) is 12.3 Å². The molecule has 6 nitrogen and oxygen atoms in total. The normalized spacial score (nSPS) is 11.8. The number of benzene rings is 1. The largest absolute Gasteiger partial charge is 0.451 e.